The summed E-state index contributed by atoms with van der Waals surface area (Å²) in [6.07, 6.45) is 2.88. The van der Waals surface area contributed by atoms with Gasteiger partial charge in [0.1, 0.15) is 19.2 Å². The number of aromatic nitrogens is 3. The molecule has 9 heteroatoms. The Morgan fingerprint density at radius 2 is 1.91 bits per heavy atom. The fourth-order valence-corrected chi connectivity index (χ4v) is 2.87. The molecule has 23 heavy (non-hydrogen) atoms. The quantitative estimate of drug-likeness (QED) is 0.691. The summed E-state index contributed by atoms with van der Waals surface area (Å²) in [6, 6.07) is 0. The van der Waals surface area contributed by atoms with E-state index in [2.05, 4.69) is 10.1 Å². The molecule has 1 atom stereocenters. The predicted molar refractivity (Wildman–Crippen MR) is 78.4 cm³/mol. The summed E-state index contributed by atoms with van der Waals surface area (Å²) in [5, 5.41) is 3.93. The first-order valence-electron chi connectivity index (χ1n) is 7.70. The normalized spacial score (nSPS) is 25.4. The van der Waals surface area contributed by atoms with Gasteiger partial charge in [0, 0.05) is 19.6 Å². The Morgan fingerprint density at radius 1 is 1.17 bits per heavy atom. The van der Waals surface area contributed by atoms with Crippen molar-refractivity contribution < 1.29 is 19.1 Å². The van der Waals surface area contributed by atoms with E-state index in [1.807, 2.05) is 0 Å². The van der Waals surface area contributed by atoms with E-state index < -0.39 is 5.60 Å². The van der Waals surface area contributed by atoms with E-state index in [4.69, 9.17) is 9.47 Å². The second kappa shape index (κ2) is 6.63. The maximum Gasteiger partial charge on any atom is 0.256 e. The summed E-state index contributed by atoms with van der Waals surface area (Å²) >= 11 is 0. The zero-order valence-corrected chi connectivity index (χ0v) is 13.2. The highest BCUT2D eigenvalue weighted by Crippen LogP contribution is 2.21. The molecule has 3 heterocycles. The number of carbonyl (C=O) groups excluding carboxylic acids is 2. The van der Waals surface area contributed by atoms with Crippen molar-refractivity contribution in [2.45, 2.75) is 19.1 Å². The molecule has 126 valence electrons. The third kappa shape index (κ3) is 3.50. The fourth-order valence-electron chi connectivity index (χ4n) is 2.87. The lowest BCUT2D eigenvalue weighted by molar-refractivity contribution is -0.174. The van der Waals surface area contributed by atoms with Gasteiger partial charge in [0.2, 0.25) is 5.91 Å². The van der Waals surface area contributed by atoms with Crippen molar-refractivity contribution in [3.05, 3.63) is 12.7 Å². The molecule has 2 fully saturated rings. The molecule has 0 bridgehead atoms. The second-order valence-corrected chi connectivity index (χ2v) is 5.89. The molecule has 0 saturated carbocycles. The summed E-state index contributed by atoms with van der Waals surface area (Å²) < 4.78 is 12.5. The van der Waals surface area contributed by atoms with Gasteiger partial charge in [-0.05, 0) is 6.92 Å². The van der Waals surface area contributed by atoms with Gasteiger partial charge in [-0.2, -0.15) is 5.10 Å². The van der Waals surface area contributed by atoms with Crippen LogP contribution in [0.15, 0.2) is 12.7 Å². The minimum atomic E-state index is -1.01. The zero-order valence-electron chi connectivity index (χ0n) is 13.2. The van der Waals surface area contributed by atoms with E-state index in [-0.39, 0.29) is 24.9 Å². The molecule has 1 aromatic heterocycles. The minimum Gasteiger partial charge on any atom is -0.378 e. The Bertz CT molecular complexity index is 558. The van der Waals surface area contributed by atoms with Gasteiger partial charge >= 0.3 is 0 Å². The smallest absolute Gasteiger partial charge is 0.256 e. The zero-order chi connectivity index (χ0) is 16.3. The molecule has 2 aliphatic rings. The molecule has 0 aromatic carbocycles. The number of ether oxygens (including phenoxy) is 2. The van der Waals surface area contributed by atoms with Gasteiger partial charge in [-0.1, -0.05) is 0 Å². The van der Waals surface area contributed by atoms with Crippen molar-refractivity contribution in [3.8, 4) is 0 Å². The average Bonchev–Trinajstić information content (AvgIpc) is 3.08. The third-order valence-electron chi connectivity index (χ3n) is 4.14. The van der Waals surface area contributed by atoms with Crippen LogP contribution < -0.4 is 0 Å². The molecule has 0 N–H and O–H groups in total. The van der Waals surface area contributed by atoms with Crippen LogP contribution in [0.2, 0.25) is 0 Å². The van der Waals surface area contributed by atoms with Crippen molar-refractivity contribution >= 4 is 11.8 Å². The van der Waals surface area contributed by atoms with Crippen LogP contribution in [0.5, 0.6) is 0 Å². The lowest BCUT2D eigenvalue weighted by Crippen LogP contribution is -2.61. The number of hydrogen-bond acceptors (Lipinski definition) is 6. The summed E-state index contributed by atoms with van der Waals surface area (Å²) in [5.74, 6) is -0.182. The maximum atomic E-state index is 12.7. The molecule has 2 aliphatic heterocycles. The molecule has 9 nitrogen and oxygen atoms in total. The van der Waals surface area contributed by atoms with Crippen molar-refractivity contribution in [3.63, 3.8) is 0 Å². The molecule has 3 rings (SSSR count). The number of nitrogens with zero attached hydrogens (tertiary/aromatic N) is 5. The van der Waals surface area contributed by atoms with Gasteiger partial charge in [-0.15, -0.1) is 0 Å². The molecular formula is C14H21N5O4. The van der Waals surface area contributed by atoms with E-state index >= 15 is 0 Å². The average molecular weight is 323 g/mol. The highest BCUT2D eigenvalue weighted by atomic mass is 16.5. The van der Waals surface area contributed by atoms with Crippen molar-refractivity contribution in [2.75, 3.05) is 46.0 Å². The van der Waals surface area contributed by atoms with Gasteiger partial charge in [0.05, 0.1) is 26.4 Å². The summed E-state index contributed by atoms with van der Waals surface area (Å²) in [6.45, 7) is 5.12. The van der Waals surface area contributed by atoms with Crippen LogP contribution in [-0.4, -0.2) is 88.0 Å². The number of amides is 2. The first-order chi connectivity index (χ1) is 11.1. The van der Waals surface area contributed by atoms with Gasteiger partial charge in [-0.25, -0.2) is 9.67 Å². The van der Waals surface area contributed by atoms with Crippen molar-refractivity contribution in [1.82, 2.24) is 24.6 Å². The van der Waals surface area contributed by atoms with E-state index in [1.165, 1.54) is 17.3 Å². The van der Waals surface area contributed by atoms with E-state index in [0.717, 1.165) is 0 Å². The Hall–Kier alpha value is -2.00. The molecule has 0 radical (unpaired) electrons. The predicted octanol–water partition coefficient (Wildman–Crippen LogP) is -1.25. The van der Waals surface area contributed by atoms with Crippen LogP contribution in [0, 0.1) is 0 Å². The Balaban J connectivity index is 1.64. The molecule has 0 spiro atoms. The van der Waals surface area contributed by atoms with Crippen LogP contribution >= 0.6 is 0 Å². The number of morpholine rings is 2. The topological polar surface area (TPSA) is 89.8 Å². The Kier molecular flexibility index (Phi) is 4.58. The Labute approximate surface area is 134 Å². The lowest BCUT2D eigenvalue weighted by atomic mass is 10.0. The first kappa shape index (κ1) is 15.9. The van der Waals surface area contributed by atoms with Crippen LogP contribution in [0.25, 0.3) is 0 Å². The highest BCUT2D eigenvalue weighted by molar-refractivity contribution is 5.86. The minimum absolute atomic E-state index is 0.0842. The first-order valence-corrected chi connectivity index (χ1v) is 7.70. The monoisotopic (exact) mass is 323 g/mol. The molecule has 1 aromatic rings. The van der Waals surface area contributed by atoms with Crippen molar-refractivity contribution in [2.24, 2.45) is 0 Å². The SMILES string of the molecule is C[C@]1(C(=O)N2CCOCC2)CN(C(=O)Cn2cncn2)CCO1. The van der Waals surface area contributed by atoms with E-state index in [9.17, 15) is 9.59 Å². The van der Waals surface area contributed by atoms with E-state index in [0.29, 0.717) is 39.5 Å². The number of carbonyl (C=O) groups is 2. The molecule has 0 unspecified atom stereocenters. The largest absolute Gasteiger partial charge is 0.378 e. The fraction of sp³-hybridized carbons (Fsp3) is 0.714. The molecular weight excluding hydrogens is 302 g/mol. The summed E-state index contributed by atoms with van der Waals surface area (Å²) in [7, 11) is 0. The second-order valence-electron chi connectivity index (χ2n) is 5.89. The molecule has 2 saturated heterocycles. The number of rotatable bonds is 3. The Morgan fingerprint density at radius 3 is 2.61 bits per heavy atom. The lowest BCUT2D eigenvalue weighted by Gasteiger charge is -2.42. The van der Waals surface area contributed by atoms with Gasteiger partial charge in [-0.3, -0.25) is 9.59 Å². The molecule has 2 amide bonds. The third-order valence-corrected chi connectivity index (χ3v) is 4.14. The van der Waals surface area contributed by atoms with Gasteiger partial charge in [0.25, 0.3) is 5.91 Å². The van der Waals surface area contributed by atoms with Crippen molar-refractivity contribution in [1.29, 1.82) is 0 Å². The van der Waals surface area contributed by atoms with E-state index in [1.54, 1.807) is 16.7 Å². The van der Waals surface area contributed by atoms with Gasteiger partial charge < -0.3 is 19.3 Å². The van der Waals surface area contributed by atoms with Gasteiger partial charge in [0.15, 0.2) is 5.60 Å². The molecule has 0 aliphatic carbocycles. The summed E-state index contributed by atoms with van der Waals surface area (Å²) in [5.41, 5.74) is -1.01. The summed E-state index contributed by atoms with van der Waals surface area (Å²) in [4.78, 5) is 32.4. The van der Waals surface area contributed by atoms with Crippen LogP contribution in [0.3, 0.4) is 0 Å². The van der Waals surface area contributed by atoms with Crippen LogP contribution in [0.1, 0.15) is 6.92 Å². The standard InChI is InChI=1S/C14H21N5O4/c1-14(13(21)17-2-5-22-6-3-17)9-18(4-7-23-14)12(20)8-19-11-15-10-16-19/h10-11H,2-9H2,1H3/t14-/m1/s1. The highest BCUT2D eigenvalue weighted by Gasteiger charge is 2.43. The maximum absolute atomic E-state index is 12.7. The van der Waals surface area contributed by atoms with Crippen LogP contribution in [-0.2, 0) is 25.6 Å². The number of hydrogen-bond donors (Lipinski definition) is 0. The van der Waals surface area contributed by atoms with Crippen LogP contribution in [0.4, 0.5) is 0 Å².